The highest BCUT2D eigenvalue weighted by Gasteiger charge is 1.99. The molecule has 1 aromatic heterocycles. The smallest absolute Gasteiger partial charge is 0.305 e. The summed E-state index contributed by atoms with van der Waals surface area (Å²) < 4.78 is 1.80. The molecule has 0 aromatic carbocycles. The van der Waals surface area contributed by atoms with E-state index in [0.29, 0.717) is 6.54 Å². The summed E-state index contributed by atoms with van der Waals surface area (Å²) in [6.07, 6.45) is 4.59. The van der Waals surface area contributed by atoms with E-state index in [9.17, 15) is 4.79 Å². The summed E-state index contributed by atoms with van der Waals surface area (Å²) in [5, 5.41) is 8.41. The summed E-state index contributed by atoms with van der Waals surface area (Å²) in [6.45, 7) is 2.52. The van der Waals surface area contributed by atoms with Crippen LogP contribution < -0.4 is 0 Å². The quantitative estimate of drug-likeness (QED) is 0.727. The number of aryl methyl sites for hydroxylation is 2. The summed E-state index contributed by atoms with van der Waals surface area (Å²) in [4.78, 5) is 14.3. The van der Waals surface area contributed by atoms with E-state index >= 15 is 0 Å². The van der Waals surface area contributed by atoms with Crippen LogP contribution in [0, 0.1) is 0 Å². The molecule has 12 heavy (non-hydrogen) atoms. The molecule has 66 valence electrons. The fourth-order valence-corrected chi connectivity index (χ4v) is 0.936. The summed E-state index contributed by atoms with van der Waals surface area (Å²) in [5.41, 5.74) is 1.00. The summed E-state index contributed by atoms with van der Waals surface area (Å²) in [5.74, 6) is -0.776. The van der Waals surface area contributed by atoms with Gasteiger partial charge in [-0.1, -0.05) is 6.92 Å². The van der Waals surface area contributed by atoms with Gasteiger partial charge in [-0.25, -0.2) is 4.98 Å². The summed E-state index contributed by atoms with van der Waals surface area (Å²) in [7, 11) is 0. The third-order valence-electron chi connectivity index (χ3n) is 1.63. The topological polar surface area (TPSA) is 55.1 Å². The summed E-state index contributed by atoms with van der Waals surface area (Å²) >= 11 is 0. The second kappa shape index (κ2) is 3.90. The molecule has 0 spiro atoms. The highest BCUT2D eigenvalue weighted by atomic mass is 16.4. The van der Waals surface area contributed by atoms with Crippen molar-refractivity contribution in [1.82, 2.24) is 9.55 Å². The lowest BCUT2D eigenvalue weighted by molar-refractivity contribution is -0.137. The van der Waals surface area contributed by atoms with Crippen LogP contribution in [0.2, 0.25) is 0 Å². The largest absolute Gasteiger partial charge is 0.481 e. The molecule has 0 fully saturated rings. The van der Waals surface area contributed by atoms with Crippen LogP contribution in [-0.2, 0) is 17.8 Å². The number of aromatic nitrogens is 2. The average molecular weight is 168 g/mol. The number of hydrogen-bond acceptors (Lipinski definition) is 2. The van der Waals surface area contributed by atoms with E-state index in [1.165, 1.54) is 0 Å². The molecule has 4 heteroatoms. The van der Waals surface area contributed by atoms with Crippen LogP contribution in [-0.4, -0.2) is 20.6 Å². The van der Waals surface area contributed by atoms with E-state index in [1.807, 2.05) is 13.1 Å². The van der Waals surface area contributed by atoms with E-state index < -0.39 is 5.97 Å². The van der Waals surface area contributed by atoms with Gasteiger partial charge in [0.2, 0.25) is 0 Å². The molecule has 0 saturated carbocycles. The minimum Gasteiger partial charge on any atom is -0.481 e. The van der Waals surface area contributed by atoms with Gasteiger partial charge in [-0.2, -0.15) is 0 Å². The first-order valence-electron chi connectivity index (χ1n) is 3.95. The van der Waals surface area contributed by atoms with Crippen molar-refractivity contribution in [3.05, 3.63) is 18.2 Å². The molecule has 0 radical (unpaired) electrons. The van der Waals surface area contributed by atoms with Crippen molar-refractivity contribution >= 4 is 5.97 Å². The molecule has 0 saturated heterocycles. The van der Waals surface area contributed by atoms with E-state index in [1.54, 1.807) is 10.9 Å². The third-order valence-corrected chi connectivity index (χ3v) is 1.63. The number of nitrogens with zero attached hydrogens (tertiary/aromatic N) is 2. The van der Waals surface area contributed by atoms with Crippen LogP contribution in [0.1, 0.15) is 19.0 Å². The minimum atomic E-state index is -0.776. The SMILES string of the molecule is CCc1cn(CCC(=O)O)cn1. The molecule has 0 atom stereocenters. The molecule has 0 aliphatic heterocycles. The fourth-order valence-electron chi connectivity index (χ4n) is 0.936. The van der Waals surface area contributed by atoms with Gasteiger partial charge in [0.1, 0.15) is 0 Å². The third kappa shape index (κ3) is 2.38. The van der Waals surface area contributed by atoms with E-state index in [2.05, 4.69) is 4.98 Å². The van der Waals surface area contributed by atoms with Crippen LogP contribution in [0.15, 0.2) is 12.5 Å². The molecule has 0 amide bonds. The Labute approximate surface area is 70.9 Å². The maximum Gasteiger partial charge on any atom is 0.305 e. The molecule has 1 N–H and O–H groups in total. The first kappa shape index (κ1) is 8.77. The normalized spacial score (nSPS) is 10.1. The van der Waals surface area contributed by atoms with Gasteiger partial charge in [0.25, 0.3) is 0 Å². The maximum absolute atomic E-state index is 10.2. The number of imidazole rings is 1. The van der Waals surface area contributed by atoms with Gasteiger partial charge in [0.05, 0.1) is 18.4 Å². The highest BCUT2D eigenvalue weighted by molar-refractivity contribution is 5.66. The zero-order valence-corrected chi connectivity index (χ0v) is 7.03. The Morgan fingerprint density at radius 1 is 1.75 bits per heavy atom. The molecule has 1 rings (SSSR count). The lowest BCUT2D eigenvalue weighted by atomic mass is 10.4. The van der Waals surface area contributed by atoms with Crippen LogP contribution >= 0.6 is 0 Å². The van der Waals surface area contributed by atoms with Crippen molar-refractivity contribution in [1.29, 1.82) is 0 Å². The van der Waals surface area contributed by atoms with E-state index in [0.717, 1.165) is 12.1 Å². The first-order chi connectivity index (χ1) is 5.72. The second-order valence-corrected chi connectivity index (χ2v) is 2.60. The molecular weight excluding hydrogens is 156 g/mol. The maximum atomic E-state index is 10.2. The molecule has 1 aromatic rings. The Morgan fingerprint density at radius 3 is 3.00 bits per heavy atom. The Balaban J connectivity index is 2.47. The predicted molar refractivity (Wildman–Crippen MR) is 43.9 cm³/mol. The zero-order chi connectivity index (χ0) is 8.97. The molecule has 0 aliphatic carbocycles. The summed E-state index contributed by atoms with van der Waals surface area (Å²) in [6, 6.07) is 0. The van der Waals surface area contributed by atoms with Gasteiger partial charge >= 0.3 is 5.97 Å². The van der Waals surface area contributed by atoms with Gasteiger partial charge < -0.3 is 9.67 Å². The van der Waals surface area contributed by atoms with Crippen LogP contribution in [0.25, 0.3) is 0 Å². The number of hydrogen-bond donors (Lipinski definition) is 1. The minimum absolute atomic E-state index is 0.152. The van der Waals surface area contributed by atoms with E-state index in [4.69, 9.17) is 5.11 Å². The van der Waals surface area contributed by atoms with Gasteiger partial charge in [0.15, 0.2) is 0 Å². The lowest BCUT2D eigenvalue weighted by Crippen LogP contribution is -2.02. The first-order valence-corrected chi connectivity index (χ1v) is 3.95. The van der Waals surface area contributed by atoms with Gasteiger partial charge in [-0.3, -0.25) is 4.79 Å². The molecule has 0 unspecified atom stereocenters. The zero-order valence-electron chi connectivity index (χ0n) is 7.03. The van der Waals surface area contributed by atoms with Crippen molar-refractivity contribution in [3.63, 3.8) is 0 Å². The van der Waals surface area contributed by atoms with Crippen LogP contribution in [0.4, 0.5) is 0 Å². The highest BCUT2D eigenvalue weighted by Crippen LogP contribution is 1.97. The number of carboxylic acid groups (broad SMARTS) is 1. The predicted octanol–water partition coefficient (Wildman–Crippen LogP) is 0.920. The van der Waals surface area contributed by atoms with Crippen molar-refractivity contribution in [2.75, 3.05) is 0 Å². The van der Waals surface area contributed by atoms with Crippen molar-refractivity contribution in [2.24, 2.45) is 0 Å². The second-order valence-electron chi connectivity index (χ2n) is 2.60. The lowest BCUT2D eigenvalue weighted by Gasteiger charge is -1.96. The van der Waals surface area contributed by atoms with Crippen molar-refractivity contribution in [3.8, 4) is 0 Å². The van der Waals surface area contributed by atoms with Gasteiger partial charge in [0, 0.05) is 12.7 Å². The van der Waals surface area contributed by atoms with Crippen LogP contribution in [0.3, 0.4) is 0 Å². The number of rotatable bonds is 4. The van der Waals surface area contributed by atoms with Crippen LogP contribution in [0.5, 0.6) is 0 Å². The number of aliphatic carboxylic acids is 1. The Morgan fingerprint density at radius 2 is 2.50 bits per heavy atom. The van der Waals surface area contributed by atoms with Crippen molar-refractivity contribution < 1.29 is 9.90 Å². The Bertz CT molecular complexity index is 268. The average Bonchev–Trinajstić information content (AvgIpc) is 2.48. The number of carbonyl (C=O) groups is 1. The monoisotopic (exact) mass is 168 g/mol. The van der Waals surface area contributed by atoms with Gasteiger partial charge in [-0.05, 0) is 6.42 Å². The van der Waals surface area contributed by atoms with Crippen molar-refractivity contribution in [2.45, 2.75) is 26.3 Å². The fraction of sp³-hybridized carbons (Fsp3) is 0.500. The molecule has 0 bridgehead atoms. The molecular formula is C8H12N2O2. The molecule has 1 heterocycles. The van der Waals surface area contributed by atoms with Gasteiger partial charge in [-0.15, -0.1) is 0 Å². The molecule has 4 nitrogen and oxygen atoms in total. The van der Waals surface area contributed by atoms with E-state index in [-0.39, 0.29) is 6.42 Å². The molecule has 0 aliphatic rings. The Hall–Kier alpha value is -1.32. The number of carboxylic acids is 1. The Kier molecular flexibility index (Phi) is 2.85. The standard InChI is InChI=1S/C8H12N2O2/c1-2-7-5-10(6-9-7)4-3-8(11)12/h5-6H,2-4H2,1H3,(H,11,12).